The zero-order chi connectivity index (χ0) is 16.5. The maximum absolute atomic E-state index is 12.6. The molecular formula is C21H32O2. The molecule has 3 fully saturated rings. The average molecular weight is 316 g/mol. The number of fused-ring (bicyclic) bond motifs is 3. The van der Waals surface area contributed by atoms with Crippen molar-refractivity contribution in [2.24, 2.45) is 34.0 Å². The zero-order valence-electron chi connectivity index (χ0n) is 15.3. The molecule has 0 aromatic heterocycles. The molecule has 1 spiro atoms. The van der Waals surface area contributed by atoms with Gasteiger partial charge in [-0.3, -0.25) is 4.79 Å². The van der Waals surface area contributed by atoms with E-state index in [4.69, 9.17) is 4.74 Å². The van der Waals surface area contributed by atoms with Crippen LogP contribution in [0.25, 0.3) is 0 Å². The molecule has 0 saturated heterocycles. The Morgan fingerprint density at radius 3 is 2.74 bits per heavy atom. The van der Waals surface area contributed by atoms with Crippen molar-refractivity contribution in [3.63, 3.8) is 0 Å². The molecule has 0 heterocycles. The molecule has 0 aliphatic heterocycles. The molecule has 3 saturated carbocycles. The molecule has 0 radical (unpaired) electrons. The zero-order valence-corrected chi connectivity index (χ0v) is 15.3. The van der Waals surface area contributed by atoms with Gasteiger partial charge in [-0.25, -0.2) is 0 Å². The molecule has 4 aliphatic carbocycles. The fourth-order valence-electron chi connectivity index (χ4n) is 7.50. The van der Waals surface area contributed by atoms with Gasteiger partial charge in [0.05, 0.1) is 12.5 Å². The van der Waals surface area contributed by atoms with Gasteiger partial charge in [-0.2, -0.15) is 0 Å². The fourth-order valence-corrected chi connectivity index (χ4v) is 7.50. The van der Waals surface area contributed by atoms with Crippen molar-refractivity contribution in [3.8, 4) is 0 Å². The highest BCUT2D eigenvalue weighted by atomic mass is 16.5. The summed E-state index contributed by atoms with van der Waals surface area (Å²) in [5.41, 5.74) is 2.15. The molecule has 1 unspecified atom stereocenters. The van der Waals surface area contributed by atoms with Gasteiger partial charge in [0.15, 0.2) is 0 Å². The Bertz CT molecular complexity index is 560. The first kappa shape index (κ1) is 15.7. The van der Waals surface area contributed by atoms with Crippen molar-refractivity contribution in [1.82, 2.24) is 0 Å². The lowest BCUT2D eigenvalue weighted by Gasteiger charge is -2.60. The first-order valence-corrected chi connectivity index (χ1v) is 9.65. The maximum atomic E-state index is 12.6. The fraction of sp³-hybridized carbons (Fsp3) is 0.857. The minimum absolute atomic E-state index is 0.0263. The molecule has 2 bridgehead atoms. The van der Waals surface area contributed by atoms with Gasteiger partial charge in [0.1, 0.15) is 0 Å². The van der Waals surface area contributed by atoms with Crippen LogP contribution in [0.1, 0.15) is 72.1 Å². The summed E-state index contributed by atoms with van der Waals surface area (Å²) in [6.45, 7) is 7.13. The SMILES string of the molecule is COC(=O)[C@]1(C)CCC[C@@]2(C)C3=CC[C@@H]4C[C@@]3(CC[C@H]12)CC4C. The van der Waals surface area contributed by atoms with E-state index in [1.807, 2.05) is 0 Å². The van der Waals surface area contributed by atoms with E-state index in [2.05, 4.69) is 26.8 Å². The Kier molecular flexibility index (Phi) is 3.32. The van der Waals surface area contributed by atoms with Crippen LogP contribution in [0.5, 0.6) is 0 Å². The molecule has 4 rings (SSSR count). The van der Waals surface area contributed by atoms with Crippen molar-refractivity contribution < 1.29 is 9.53 Å². The predicted octanol–water partition coefficient (Wildman–Crippen LogP) is 5.13. The third-order valence-electron chi connectivity index (χ3n) is 8.48. The van der Waals surface area contributed by atoms with Gasteiger partial charge in [0.2, 0.25) is 0 Å². The highest BCUT2D eigenvalue weighted by Crippen LogP contribution is 2.70. The van der Waals surface area contributed by atoms with Crippen molar-refractivity contribution in [2.75, 3.05) is 7.11 Å². The van der Waals surface area contributed by atoms with E-state index in [1.165, 1.54) is 38.5 Å². The smallest absolute Gasteiger partial charge is 0.311 e. The molecular weight excluding hydrogens is 284 g/mol. The molecule has 0 aromatic carbocycles. The second-order valence-corrected chi connectivity index (χ2v) is 9.55. The third kappa shape index (κ3) is 1.90. The van der Waals surface area contributed by atoms with E-state index in [0.717, 1.165) is 24.7 Å². The highest BCUT2D eigenvalue weighted by Gasteiger charge is 2.62. The molecule has 2 nitrogen and oxygen atoms in total. The normalized spacial score (nSPS) is 51.5. The number of hydrogen-bond acceptors (Lipinski definition) is 2. The molecule has 23 heavy (non-hydrogen) atoms. The van der Waals surface area contributed by atoms with Crippen LogP contribution in [0.2, 0.25) is 0 Å². The largest absolute Gasteiger partial charge is 0.469 e. The van der Waals surface area contributed by atoms with Crippen molar-refractivity contribution in [1.29, 1.82) is 0 Å². The summed E-state index contributed by atoms with van der Waals surface area (Å²) in [4.78, 5) is 12.6. The van der Waals surface area contributed by atoms with Gasteiger partial charge >= 0.3 is 5.97 Å². The molecule has 128 valence electrons. The first-order chi connectivity index (χ1) is 10.9. The quantitative estimate of drug-likeness (QED) is 0.495. The highest BCUT2D eigenvalue weighted by molar-refractivity contribution is 5.77. The van der Waals surface area contributed by atoms with Gasteiger partial charge in [-0.05, 0) is 80.5 Å². The summed E-state index contributed by atoms with van der Waals surface area (Å²) in [5, 5.41) is 0. The summed E-state index contributed by atoms with van der Waals surface area (Å²) >= 11 is 0. The van der Waals surface area contributed by atoms with Crippen LogP contribution in [0.15, 0.2) is 11.6 Å². The number of rotatable bonds is 1. The number of carbonyl (C=O) groups excluding carboxylic acids is 1. The van der Waals surface area contributed by atoms with Crippen LogP contribution in [-0.4, -0.2) is 13.1 Å². The van der Waals surface area contributed by atoms with E-state index in [-0.39, 0.29) is 16.8 Å². The molecule has 6 atom stereocenters. The summed E-state index contributed by atoms with van der Waals surface area (Å²) < 4.78 is 5.24. The van der Waals surface area contributed by atoms with Crippen LogP contribution in [0.4, 0.5) is 0 Å². The Morgan fingerprint density at radius 2 is 2.00 bits per heavy atom. The van der Waals surface area contributed by atoms with Crippen molar-refractivity contribution in [3.05, 3.63) is 11.6 Å². The standard InChI is InChI=1S/C21H32O2/c1-14-12-21-11-8-16-19(2,17(21)7-6-15(14)13-21)9-5-10-20(16,3)18(22)23-4/h7,14-16H,5-6,8-13H2,1-4H3/t14?,15-,16+,19-,20-,21-/m1/s1. The summed E-state index contributed by atoms with van der Waals surface area (Å²) in [6, 6.07) is 0. The third-order valence-corrected chi connectivity index (χ3v) is 8.48. The second kappa shape index (κ2) is 4.86. The lowest BCUT2D eigenvalue weighted by Crippen LogP contribution is -2.54. The number of allylic oxidation sites excluding steroid dienone is 2. The van der Waals surface area contributed by atoms with Gasteiger partial charge in [-0.15, -0.1) is 0 Å². The van der Waals surface area contributed by atoms with Crippen LogP contribution >= 0.6 is 0 Å². The molecule has 0 aromatic rings. The van der Waals surface area contributed by atoms with Crippen LogP contribution in [0.3, 0.4) is 0 Å². The average Bonchev–Trinajstić information content (AvgIpc) is 2.75. The lowest BCUT2D eigenvalue weighted by molar-refractivity contribution is -0.165. The van der Waals surface area contributed by atoms with E-state index in [1.54, 1.807) is 12.7 Å². The topological polar surface area (TPSA) is 26.3 Å². The molecule has 0 amide bonds. The molecule has 4 aliphatic rings. The van der Waals surface area contributed by atoms with Gasteiger partial charge in [0.25, 0.3) is 0 Å². The minimum Gasteiger partial charge on any atom is -0.469 e. The number of esters is 1. The Morgan fingerprint density at radius 1 is 1.22 bits per heavy atom. The summed E-state index contributed by atoms with van der Waals surface area (Å²) in [7, 11) is 1.56. The van der Waals surface area contributed by atoms with Crippen LogP contribution < -0.4 is 0 Å². The lowest BCUT2D eigenvalue weighted by atomic mass is 9.44. The minimum atomic E-state index is -0.286. The van der Waals surface area contributed by atoms with E-state index >= 15 is 0 Å². The van der Waals surface area contributed by atoms with Crippen molar-refractivity contribution in [2.45, 2.75) is 72.1 Å². The van der Waals surface area contributed by atoms with E-state index in [0.29, 0.717) is 11.3 Å². The van der Waals surface area contributed by atoms with Crippen molar-refractivity contribution >= 4 is 5.97 Å². The van der Waals surface area contributed by atoms with Gasteiger partial charge < -0.3 is 4.74 Å². The number of ether oxygens (including phenoxy) is 1. The predicted molar refractivity (Wildman–Crippen MR) is 91.8 cm³/mol. The Hall–Kier alpha value is -0.790. The van der Waals surface area contributed by atoms with Crippen LogP contribution in [0, 0.1) is 34.0 Å². The Labute approximate surface area is 141 Å². The summed E-state index contributed by atoms with van der Waals surface area (Å²) in [6.07, 6.45) is 12.6. The monoisotopic (exact) mass is 316 g/mol. The number of hydrogen-bond donors (Lipinski definition) is 0. The Balaban J connectivity index is 1.76. The van der Waals surface area contributed by atoms with E-state index < -0.39 is 0 Å². The maximum Gasteiger partial charge on any atom is 0.311 e. The van der Waals surface area contributed by atoms with Crippen LogP contribution in [-0.2, 0) is 9.53 Å². The number of methoxy groups -OCH3 is 1. The molecule has 0 N–H and O–H groups in total. The van der Waals surface area contributed by atoms with Gasteiger partial charge in [0, 0.05) is 0 Å². The van der Waals surface area contributed by atoms with Gasteiger partial charge in [-0.1, -0.05) is 31.9 Å². The number of carbonyl (C=O) groups is 1. The molecule has 2 heteroatoms. The first-order valence-electron chi connectivity index (χ1n) is 9.65. The summed E-state index contributed by atoms with van der Waals surface area (Å²) in [5.74, 6) is 2.27. The van der Waals surface area contributed by atoms with E-state index in [9.17, 15) is 4.79 Å². The second-order valence-electron chi connectivity index (χ2n) is 9.55.